The van der Waals surface area contributed by atoms with Crippen LogP contribution in [0.2, 0.25) is 0 Å². The number of aliphatic carboxylic acids is 1. The molecule has 0 saturated carbocycles. The number of likely N-dealkylation sites (N-methyl/N-ethyl adjacent to an activating group) is 1. The molecule has 9 heteroatoms. The zero-order valence-corrected chi connectivity index (χ0v) is 54.0. The van der Waals surface area contributed by atoms with Crippen molar-refractivity contribution in [3.63, 3.8) is 0 Å². The lowest BCUT2D eigenvalue weighted by Crippen LogP contribution is -2.44. The topological polar surface area (TPSA) is 111 Å². The molecule has 0 saturated heterocycles. The van der Waals surface area contributed by atoms with Gasteiger partial charge in [0, 0.05) is 12.8 Å². The molecule has 0 amide bonds. The SMILES string of the molecule is CC/C=C\C/C=C\C/C=C\C/C=C\C/C=C\C/C=C\CCCCCCC(=O)OC(COC(=O)CCCCCCCCCCCCCCCCCCCCCCCC/C=C\C/C=C\C/C=C\C/C=C\CC)COC(OCC[N+](C)(C)C)C(=O)[O-]. The number of carbonyl (C=O) groups excluding carboxylic acids is 3. The first-order chi connectivity index (χ1) is 40.6. The molecule has 0 aromatic rings. The van der Waals surface area contributed by atoms with Crippen molar-refractivity contribution in [2.45, 2.75) is 283 Å². The number of carbonyl (C=O) groups is 3. The summed E-state index contributed by atoms with van der Waals surface area (Å²) in [5.74, 6) is -2.32. The van der Waals surface area contributed by atoms with E-state index in [1.54, 1.807) is 0 Å². The monoisotopic (exact) mass is 1160 g/mol. The van der Waals surface area contributed by atoms with Crippen LogP contribution >= 0.6 is 0 Å². The highest BCUT2D eigenvalue weighted by atomic mass is 16.7. The van der Waals surface area contributed by atoms with Gasteiger partial charge in [0.05, 0.1) is 40.3 Å². The lowest BCUT2D eigenvalue weighted by molar-refractivity contribution is -0.870. The zero-order valence-electron chi connectivity index (χ0n) is 54.0. The maximum Gasteiger partial charge on any atom is 0.306 e. The van der Waals surface area contributed by atoms with E-state index in [-0.39, 0.29) is 38.6 Å². The molecule has 0 aliphatic rings. The van der Waals surface area contributed by atoms with Gasteiger partial charge in [0.15, 0.2) is 12.4 Å². The van der Waals surface area contributed by atoms with Crippen molar-refractivity contribution in [3.8, 4) is 0 Å². The van der Waals surface area contributed by atoms with Crippen molar-refractivity contribution >= 4 is 17.9 Å². The van der Waals surface area contributed by atoms with Crippen LogP contribution in [-0.4, -0.2) is 82.3 Å². The second kappa shape index (κ2) is 63.7. The smallest absolute Gasteiger partial charge is 0.306 e. The molecule has 0 spiro atoms. The fourth-order valence-corrected chi connectivity index (χ4v) is 9.12. The van der Waals surface area contributed by atoms with Gasteiger partial charge in [-0.2, -0.15) is 0 Å². The van der Waals surface area contributed by atoms with E-state index in [1.165, 1.54) is 128 Å². The fourth-order valence-electron chi connectivity index (χ4n) is 9.12. The van der Waals surface area contributed by atoms with Crippen LogP contribution < -0.4 is 5.11 Å². The number of esters is 2. The second-order valence-electron chi connectivity index (χ2n) is 23.3. The molecular formula is C74H125NO8. The molecule has 0 bridgehead atoms. The van der Waals surface area contributed by atoms with Crippen molar-refractivity contribution in [1.82, 2.24) is 0 Å². The lowest BCUT2D eigenvalue weighted by Gasteiger charge is -2.26. The Balaban J connectivity index is 4.12. The van der Waals surface area contributed by atoms with Crippen molar-refractivity contribution in [2.75, 3.05) is 47.5 Å². The first-order valence-corrected chi connectivity index (χ1v) is 33.7. The summed E-state index contributed by atoms with van der Waals surface area (Å²) in [6.07, 6.45) is 87.1. The summed E-state index contributed by atoms with van der Waals surface area (Å²) in [5, 5.41) is 11.8. The van der Waals surface area contributed by atoms with Gasteiger partial charge in [0.2, 0.25) is 0 Å². The number of allylic oxidation sites excluding steroid dienone is 20. The number of carboxylic acid groups (broad SMARTS) is 1. The molecule has 0 fully saturated rings. The van der Waals surface area contributed by atoms with Gasteiger partial charge in [-0.3, -0.25) is 9.59 Å². The number of hydrogen-bond donors (Lipinski definition) is 0. The van der Waals surface area contributed by atoms with Gasteiger partial charge in [-0.25, -0.2) is 0 Å². The van der Waals surface area contributed by atoms with E-state index < -0.39 is 24.3 Å². The third kappa shape index (κ3) is 65.1. The molecule has 0 aromatic carbocycles. The van der Waals surface area contributed by atoms with Crippen molar-refractivity contribution in [1.29, 1.82) is 0 Å². The van der Waals surface area contributed by atoms with Gasteiger partial charge in [0.25, 0.3) is 0 Å². The van der Waals surface area contributed by atoms with Gasteiger partial charge in [-0.1, -0.05) is 277 Å². The number of rotatable bonds is 61. The number of nitrogens with zero attached hydrogens (tertiary/aromatic N) is 1. The Bertz CT molecular complexity index is 1780. The van der Waals surface area contributed by atoms with Crippen LogP contribution in [0, 0.1) is 0 Å². The third-order valence-corrected chi connectivity index (χ3v) is 14.2. The minimum absolute atomic E-state index is 0.138. The Hall–Kier alpha value is -4.31. The van der Waals surface area contributed by atoms with E-state index in [0.717, 1.165) is 109 Å². The summed E-state index contributed by atoms with van der Waals surface area (Å²) in [4.78, 5) is 37.4. The summed E-state index contributed by atoms with van der Waals surface area (Å²) in [5.41, 5.74) is 0. The number of hydrogen-bond acceptors (Lipinski definition) is 8. The first kappa shape index (κ1) is 78.7. The van der Waals surface area contributed by atoms with Crippen molar-refractivity contribution in [2.24, 2.45) is 0 Å². The van der Waals surface area contributed by atoms with Gasteiger partial charge in [-0.05, 0) is 103 Å². The third-order valence-electron chi connectivity index (χ3n) is 14.2. The van der Waals surface area contributed by atoms with Gasteiger partial charge < -0.3 is 33.3 Å². The van der Waals surface area contributed by atoms with Crippen LogP contribution in [0.1, 0.15) is 271 Å². The highest BCUT2D eigenvalue weighted by molar-refractivity contribution is 5.70. The fraction of sp³-hybridized carbons (Fsp3) is 0.689. The van der Waals surface area contributed by atoms with E-state index in [0.29, 0.717) is 17.4 Å². The Morgan fingerprint density at radius 2 is 0.651 bits per heavy atom. The summed E-state index contributed by atoms with van der Waals surface area (Å²) in [6, 6.07) is 0. The average Bonchev–Trinajstić information content (AvgIpc) is 3.46. The quantitative estimate of drug-likeness (QED) is 0.0195. The van der Waals surface area contributed by atoms with Crippen LogP contribution in [0.25, 0.3) is 0 Å². The van der Waals surface area contributed by atoms with E-state index in [2.05, 4.69) is 135 Å². The molecule has 0 N–H and O–H groups in total. The molecule has 2 unspecified atom stereocenters. The Morgan fingerprint density at radius 3 is 0.964 bits per heavy atom. The number of carboxylic acids is 1. The second-order valence-corrected chi connectivity index (χ2v) is 23.3. The number of ether oxygens (including phenoxy) is 4. The molecule has 0 aromatic heterocycles. The number of quaternary nitrogens is 1. The van der Waals surface area contributed by atoms with Gasteiger partial charge in [-0.15, -0.1) is 0 Å². The average molecular weight is 1160 g/mol. The maximum absolute atomic E-state index is 12.9. The molecule has 2 atom stereocenters. The zero-order chi connectivity index (χ0) is 60.5. The molecular weight excluding hydrogens is 1030 g/mol. The Morgan fingerprint density at radius 1 is 0.361 bits per heavy atom. The molecule has 0 aliphatic heterocycles. The van der Waals surface area contributed by atoms with Crippen molar-refractivity contribution in [3.05, 3.63) is 122 Å². The molecule has 0 heterocycles. The lowest BCUT2D eigenvalue weighted by atomic mass is 10.0. The number of unbranched alkanes of at least 4 members (excludes halogenated alkanes) is 26. The summed E-state index contributed by atoms with van der Waals surface area (Å²) >= 11 is 0. The summed E-state index contributed by atoms with van der Waals surface area (Å²) in [6.45, 7) is 4.50. The van der Waals surface area contributed by atoms with Crippen LogP contribution in [0.4, 0.5) is 0 Å². The first-order valence-electron chi connectivity index (χ1n) is 33.7. The van der Waals surface area contributed by atoms with E-state index in [4.69, 9.17) is 18.9 Å². The molecule has 9 nitrogen and oxygen atoms in total. The van der Waals surface area contributed by atoms with Crippen LogP contribution in [0.3, 0.4) is 0 Å². The summed E-state index contributed by atoms with van der Waals surface area (Å²) < 4.78 is 22.7. The Kier molecular flexibility index (Phi) is 60.4. The molecule has 83 heavy (non-hydrogen) atoms. The van der Waals surface area contributed by atoms with Crippen LogP contribution in [-0.2, 0) is 33.3 Å². The highest BCUT2D eigenvalue weighted by Gasteiger charge is 2.22. The Labute approximate surface area is 510 Å². The molecule has 0 rings (SSSR count). The van der Waals surface area contributed by atoms with E-state index >= 15 is 0 Å². The van der Waals surface area contributed by atoms with Crippen LogP contribution in [0.15, 0.2) is 122 Å². The molecule has 0 aliphatic carbocycles. The minimum Gasteiger partial charge on any atom is -0.545 e. The normalized spacial score (nSPS) is 13.5. The van der Waals surface area contributed by atoms with Gasteiger partial charge >= 0.3 is 11.9 Å². The maximum atomic E-state index is 12.9. The minimum atomic E-state index is -1.64. The molecule has 0 radical (unpaired) electrons. The van der Waals surface area contributed by atoms with E-state index in [9.17, 15) is 19.5 Å². The largest absolute Gasteiger partial charge is 0.545 e. The van der Waals surface area contributed by atoms with E-state index in [1.807, 2.05) is 21.1 Å². The standard InChI is InChI=1S/C74H125NO8/c1-6-8-10-12-14-16-18-20-22-24-26-28-30-31-32-33-34-35-36-37-38-39-40-41-43-44-46-48-50-52-54-56-58-60-62-64-71(76)81-68-70(69-82-74(73(78)79)80-67-66-75(3,4)5)83-72(77)65-63-61-59-57-55-53-51-49-47-45-42-29-27-25-23-21-19-17-15-13-11-9-7-2/h8-11,14-17,20-23,26-29,45,47,51,53,70,74H,6-7,12-13,18-19,24-25,30-44,46,48-50,52,54-69H2,1-5H3/b10-8-,11-9-,16-14-,17-15-,22-20-,23-21-,28-26-,29-27-,47-45-,53-51-. The molecule has 474 valence electrons. The van der Waals surface area contributed by atoms with Crippen molar-refractivity contribution < 1.29 is 42.9 Å². The highest BCUT2D eigenvalue weighted by Crippen LogP contribution is 2.17. The van der Waals surface area contributed by atoms with Gasteiger partial charge in [0.1, 0.15) is 13.2 Å². The van der Waals surface area contributed by atoms with Crippen LogP contribution in [0.5, 0.6) is 0 Å². The summed E-state index contributed by atoms with van der Waals surface area (Å²) in [7, 11) is 5.91. The predicted molar refractivity (Wildman–Crippen MR) is 352 cm³/mol. The predicted octanol–water partition coefficient (Wildman–Crippen LogP) is 19.5.